The van der Waals surface area contributed by atoms with Crippen molar-refractivity contribution < 1.29 is 8.42 Å². The molecule has 23 heavy (non-hydrogen) atoms. The van der Waals surface area contributed by atoms with Gasteiger partial charge in [-0.25, -0.2) is 9.71 Å². The van der Waals surface area contributed by atoms with Crippen molar-refractivity contribution in [2.75, 3.05) is 13.1 Å². The van der Waals surface area contributed by atoms with Crippen molar-refractivity contribution >= 4 is 31.8 Å². The Morgan fingerprint density at radius 3 is 2.96 bits per heavy atom. The van der Waals surface area contributed by atoms with Crippen LogP contribution in [0.4, 0.5) is 0 Å². The molecule has 126 valence electrons. The molecule has 0 amide bonds. The molecule has 2 heterocycles. The number of nitrogens with one attached hydrogen (secondary N) is 1. The summed E-state index contributed by atoms with van der Waals surface area (Å²) < 4.78 is 30.2. The second-order valence-corrected chi connectivity index (χ2v) is 8.86. The highest BCUT2D eigenvalue weighted by molar-refractivity contribution is 7.87. The second-order valence-electron chi connectivity index (χ2n) is 6.03. The molecule has 7 heteroatoms. The maximum Gasteiger partial charge on any atom is 0.279 e. The van der Waals surface area contributed by atoms with E-state index in [1.54, 1.807) is 15.6 Å². The molecule has 1 aliphatic heterocycles. The molecule has 3 rings (SSSR count). The number of benzene rings is 1. The first-order valence-corrected chi connectivity index (χ1v) is 10.4. The summed E-state index contributed by atoms with van der Waals surface area (Å²) in [6.45, 7) is 3.08. The molecular formula is C16H23N3O2S2. The van der Waals surface area contributed by atoms with Gasteiger partial charge in [0.25, 0.3) is 10.2 Å². The van der Waals surface area contributed by atoms with Crippen molar-refractivity contribution in [2.45, 2.75) is 45.1 Å². The van der Waals surface area contributed by atoms with Gasteiger partial charge >= 0.3 is 0 Å². The van der Waals surface area contributed by atoms with Crippen LogP contribution in [0.3, 0.4) is 0 Å². The molecule has 0 spiro atoms. The fourth-order valence-electron chi connectivity index (χ4n) is 2.98. The van der Waals surface area contributed by atoms with Gasteiger partial charge in [0.05, 0.1) is 15.2 Å². The lowest BCUT2D eigenvalue weighted by atomic mass is 10.1. The summed E-state index contributed by atoms with van der Waals surface area (Å²) in [6, 6.07) is 8.18. The predicted molar refractivity (Wildman–Crippen MR) is 94.9 cm³/mol. The summed E-state index contributed by atoms with van der Waals surface area (Å²) in [5, 5.41) is 1.07. The highest BCUT2D eigenvalue weighted by Gasteiger charge is 2.28. The third kappa shape index (κ3) is 4.09. The molecule has 1 fully saturated rings. The van der Waals surface area contributed by atoms with Crippen LogP contribution in [-0.4, -0.2) is 36.8 Å². The first kappa shape index (κ1) is 16.8. The van der Waals surface area contributed by atoms with E-state index in [9.17, 15) is 8.42 Å². The first-order valence-electron chi connectivity index (χ1n) is 8.17. The van der Waals surface area contributed by atoms with E-state index in [0.29, 0.717) is 13.1 Å². The Bertz CT molecular complexity index is 725. The number of piperidine rings is 1. The molecule has 0 aliphatic carbocycles. The van der Waals surface area contributed by atoms with Gasteiger partial charge in [-0.3, -0.25) is 0 Å². The van der Waals surface area contributed by atoms with Gasteiger partial charge in [-0.15, -0.1) is 11.3 Å². The Labute approximate surface area is 141 Å². The molecule has 0 bridgehead atoms. The Kier molecular flexibility index (Phi) is 5.31. The Balaban J connectivity index is 1.50. The van der Waals surface area contributed by atoms with Crippen LogP contribution < -0.4 is 4.72 Å². The number of aryl methyl sites for hydroxylation is 1. The normalized spacial score (nSPS) is 20.1. The van der Waals surface area contributed by atoms with E-state index in [0.717, 1.165) is 42.6 Å². The van der Waals surface area contributed by atoms with Gasteiger partial charge < -0.3 is 0 Å². The molecule has 1 unspecified atom stereocenters. The van der Waals surface area contributed by atoms with E-state index >= 15 is 0 Å². The molecular weight excluding hydrogens is 330 g/mol. The van der Waals surface area contributed by atoms with Crippen molar-refractivity contribution in [1.29, 1.82) is 0 Å². The molecule has 1 saturated heterocycles. The number of nitrogens with zero attached hydrogens (tertiary/aromatic N) is 2. The zero-order chi connectivity index (χ0) is 16.3. The third-order valence-electron chi connectivity index (χ3n) is 4.24. The average Bonchev–Trinajstić information content (AvgIpc) is 2.94. The highest BCUT2D eigenvalue weighted by atomic mass is 32.2. The molecule has 1 aromatic carbocycles. The lowest BCUT2D eigenvalue weighted by Crippen LogP contribution is -2.48. The fourth-order valence-corrected chi connectivity index (χ4v) is 5.51. The number of para-hydroxylation sites is 1. The minimum absolute atomic E-state index is 0.102. The molecule has 1 N–H and O–H groups in total. The van der Waals surface area contributed by atoms with Gasteiger partial charge in [-0.2, -0.15) is 12.7 Å². The topological polar surface area (TPSA) is 62.3 Å². The molecule has 0 radical (unpaired) electrons. The average molecular weight is 354 g/mol. The monoisotopic (exact) mass is 353 g/mol. The number of aromatic nitrogens is 1. The summed E-state index contributed by atoms with van der Waals surface area (Å²) in [6.07, 6.45) is 4.59. The third-order valence-corrected chi connectivity index (χ3v) is 7.07. The summed E-state index contributed by atoms with van der Waals surface area (Å²) in [5.41, 5.74) is 1.02. The van der Waals surface area contributed by atoms with Crippen LogP contribution in [0.1, 0.15) is 37.6 Å². The quantitative estimate of drug-likeness (QED) is 0.812. The van der Waals surface area contributed by atoms with Crippen LogP contribution in [0, 0.1) is 0 Å². The minimum atomic E-state index is -3.35. The smallest absolute Gasteiger partial charge is 0.241 e. The first-order chi connectivity index (χ1) is 11.1. The largest absolute Gasteiger partial charge is 0.279 e. The summed E-state index contributed by atoms with van der Waals surface area (Å²) in [5.74, 6) is 0. The van der Waals surface area contributed by atoms with Crippen molar-refractivity contribution in [3.63, 3.8) is 0 Å². The van der Waals surface area contributed by atoms with E-state index in [1.165, 1.54) is 4.70 Å². The van der Waals surface area contributed by atoms with E-state index in [2.05, 4.69) is 15.8 Å². The van der Waals surface area contributed by atoms with Gasteiger partial charge in [0.2, 0.25) is 0 Å². The molecule has 5 nitrogen and oxygen atoms in total. The summed E-state index contributed by atoms with van der Waals surface area (Å²) in [4.78, 5) is 4.58. The lowest BCUT2D eigenvalue weighted by molar-refractivity contribution is 0.265. The van der Waals surface area contributed by atoms with Crippen molar-refractivity contribution in [1.82, 2.24) is 14.0 Å². The van der Waals surface area contributed by atoms with Gasteiger partial charge in [0.15, 0.2) is 0 Å². The summed E-state index contributed by atoms with van der Waals surface area (Å²) in [7, 11) is -3.35. The molecule has 2 aromatic rings. The fraction of sp³-hybridized carbons (Fsp3) is 0.562. The van der Waals surface area contributed by atoms with Crippen LogP contribution in [0.25, 0.3) is 10.2 Å². The Hall–Kier alpha value is -1.02. The Morgan fingerprint density at radius 1 is 1.35 bits per heavy atom. The van der Waals surface area contributed by atoms with E-state index in [-0.39, 0.29) is 6.04 Å². The molecule has 1 aliphatic rings. The van der Waals surface area contributed by atoms with E-state index < -0.39 is 10.2 Å². The van der Waals surface area contributed by atoms with Gasteiger partial charge in [0.1, 0.15) is 0 Å². The zero-order valence-corrected chi connectivity index (χ0v) is 15.0. The van der Waals surface area contributed by atoms with Gasteiger partial charge in [0, 0.05) is 25.6 Å². The molecule has 1 aromatic heterocycles. The van der Waals surface area contributed by atoms with Crippen LogP contribution in [-0.2, 0) is 16.6 Å². The highest BCUT2D eigenvalue weighted by Crippen LogP contribution is 2.22. The summed E-state index contributed by atoms with van der Waals surface area (Å²) >= 11 is 1.68. The minimum Gasteiger partial charge on any atom is -0.241 e. The molecule has 1 atom stereocenters. The van der Waals surface area contributed by atoms with Crippen molar-refractivity contribution in [3.8, 4) is 0 Å². The van der Waals surface area contributed by atoms with Crippen LogP contribution in [0.2, 0.25) is 0 Å². The van der Waals surface area contributed by atoms with E-state index in [4.69, 9.17) is 0 Å². The number of hydrogen-bond donors (Lipinski definition) is 1. The predicted octanol–water partition coefficient (Wildman–Crippen LogP) is 2.94. The SMILES string of the molecule is CC1CCCCN1S(=O)(=O)NCCCc1nc2ccccc2s1. The van der Waals surface area contributed by atoms with Crippen LogP contribution in [0.15, 0.2) is 24.3 Å². The van der Waals surface area contributed by atoms with Crippen LogP contribution in [0.5, 0.6) is 0 Å². The van der Waals surface area contributed by atoms with Gasteiger partial charge in [-0.05, 0) is 38.3 Å². The zero-order valence-electron chi connectivity index (χ0n) is 13.4. The lowest BCUT2D eigenvalue weighted by Gasteiger charge is -2.32. The number of hydrogen-bond acceptors (Lipinski definition) is 4. The maximum atomic E-state index is 12.4. The number of rotatable bonds is 6. The number of thiazole rings is 1. The van der Waals surface area contributed by atoms with Crippen molar-refractivity contribution in [2.24, 2.45) is 0 Å². The number of fused-ring (bicyclic) bond motifs is 1. The van der Waals surface area contributed by atoms with Crippen molar-refractivity contribution in [3.05, 3.63) is 29.3 Å². The van der Waals surface area contributed by atoms with Gasteiger partial charge in [-0.1, -0.05) is 18.6 Å². The second kappa shape index (κ2) is 7.25. The van der Waals surface area contributed by atoms with E-state index in [1.807, 2.05) is 25.1 Å². The van der Waals surface area contributed by atoms with Crippen LogP contribution >= 0.6 is 11.3 Å². The maximum absolute atomic E-state index is 12.4. The Morgan fingerprint density at radius 2 is 2.17 bits per heavy atom. The standard InChI is InChI=1S/C16H23N3O2S2/c1-13-7-4-5-12-19(13)23(20,21)17-11-6-10-16-18-14-8-2-3-9-15(14)22-16/h2-3,8-9,13,17H,4-7,10-12H2,1H3. The molecule has 0 saturated carbocycles.